The summed E-state index contributed by atoms with van der Waals surface area (Å²) in [7, 11) is 1.29. The normalized spacial score (nSPS) is 13.4. The number of hydrogen-bond donors (Lipinski definition) is 0. The zero-order valence-corrected chi connectivity index (χ0v) is 10.2. The minimum atomic E-state index is -0.684. The average Bonchev–Trinajstić information content (AvgIpc) is 2.35. The molecule has 0 saturated heterocycles. The summed E-state index contributed by atoms with van der Waals surface area (Å²) in [5.74, 6) is -0.471. The number of carbonyl (C=O) groups is 1. The molecule has 16 heavy (non-hydrogen) atoms. The summed E-state index contributed by atoms with van der Waals surface area (Å²) in [4.78, 5) is 13.4. The summed E-state index contributed by atoms with van der Waals surface area (Å²) in [5.41, 5.74) is 9.24. The van der Waals surface area contributed by atoms with Crippen molar-refractivity contribution in [2.45, 2.75) is 10.9 Å². The Morgan fingerprint density at radius 1 is 1.50 bits per heavy atom. The summed E-state index contributed by atoms with van der Waals surface area (Å²) in [6.07, 6.45) is 0. The fraction of sp³-hybridized carbons (Fsp3) is 0.300. The molecule has 1 aromatic rings. The highest BCUT2D eigenvalue weighted by Crippen LogP contribution is 2.27. The van der Waals surface area contributed by atoms with Crippen LogP contribution in [0.15, 0.2) is 35.4 Å². The Kier molecular flexibility index (Phi) is 4.82. The molecule has 0 fully saturated rings. The third kappa shape index (κ3) is 2.98. The molecule has 0 aromatic heterocycles. The summed E-state index contributed by atoms with van der Waals surface area (Å²) in [6, 6.07) is 8.43. The minimum absolute atomic E-state index is 0.471. The maximum atomic E-state index is 11.3. The van der Waals surface area contributed by atoms with Crippen molar-refractivity contribution in [1.82, 2.24) is 0 Å². The Hall–Kier alpha value is -1.52. The van der Waals surface area contributed by atoms with E-state index in [0.29, 0.717) is 0 Å². The van der Waals surface area contributed by atoms with Crippen molar-refractivity contribution in [2.24, 2.45) is 5.11 Å². The van der Waals surface area contributed by atoms with E-state index in [-0.39, 0.29) is 0 Å². The van der Waals surface area contributed by atoms with Crippen LogP contribution in [0.2, 0.25) is 0 Å². The smallest absolute Gasteiger partial charge is 0.320 e. The van der Waals surface area contributed by atoms with Crippen molar-refractivity contribution in [2.75, 3.05) is 7.11 Å². The first kappa shape index (κ1) is 12.5. The predicted octanol–water partition coefficient (Wildman–Crippen LogP) is 2.97. The van der Waals surface area contributed by atoms with Gasteiger partial charge in [0, 0.05) is 4.91 Å². The molecule has 1 rings (SSSR count). The number of hydrogen-bond acceptors (Lipinski definition) is 3. The number of azide groups is 1. The van der Waals surface area contributed by atoms with E-state index in [9.17, 15) is 4.79 Å². The van der Waals surface area contributed by atoms with Crippen molar-refractivity contribution in [3.8, 4) is 0 Å². The van der Waals surface area contributed by atoms with Crippen molar-refractivity contribution >= 4 is 21.9 Å². The molecule has 0 N–H and O–H groups in total. The van der Waals surface area contributed by atoms with Crippen LogP contribution < -0.4 is 0 Å². The van der Waals surface area contributed by atoms with Crippen molar-refractivity contribution in [3.63, 3.8) is 0 Å². The number of nitrogens with zero attached hydrogens (tertiary/aromatic N) is 3. The van der Waals surface area contributed by atoms with Crippen molar-refractivity contribution in [3.05, 3.63) is 46.3 Å². The van der Waals surface area contributed by atoms with E-state index in [4.69, 9.17) is 5.53 Å². The fourth-order valence-corrected chi connectivity index (χ4v) is 1.84. The average molecular weight is 284 g/mol. The highest BCUT2D eigenvalue weighted by Gasteiger charge is 2.26. The van der Waals surface area contributed by atoms with E-state index in [1.807, 2.05) is 18.2 Å². The van der Waals surface area contributed by atoms with Crippen LogP contribution in [-0.4, -0.2) is 17.9 Å². The zero-order chi connectivity index (χ0) is 12.0. The van der Waals surface area contributed by atoms with Crippen LogP contribution in [0, 0.1) is 0 Å². The van der Waals surface area contributed by atoms with Gasteiger partial charge in [0.15, 0.2) is 0 Å². The standard InChI is InChI=1S/C10H10BrN3O2/c1-16-10(15)8(11)9(13-14-12)7-5-3-2-4-6-7/h2-6,8-9H,1H3/t8-,9-/m1/s1. The first-order chi connectivity index (χ1) is 7.70. The fourth-order valence-electron chi connectivity index (χ4n) is 1.24. The second-order valence-electron chi connectivity index (χ2n) is 2.99. The summed E-state index contributed by atoms with van der Waals surface area (Å²) in [6.45, 7) is 0. The third-order valence-electron chi connectivity index (χ3n) is 2.02. The van der Waals surface area contributed by atoms with Gasteiger partial charge < -0.3 is 4.74 Å². The monoisotopic (exact) mass is 283 g/mol. The van der Waals surface area contributed by atoms with Crippen LogP contribution >= 0.6 is 15.9 Å². The van der Waals surface area contributed by atoms with Gasteiger partial charge in [-0.3, -0.25) is 4.79 Å². The van der Waals surface area contributed by atoms with Gasteiger partial charge in [-0.2, -0.15) is 0 Å². The molecule has 5 nitrogen and oxygen atoms in total. The summed E-state index contributed by atoms with van der Waals surface area (Å²) in [5, 5.41) is 3.60. The lowest BCUT2D eigenvalue weighted by Crippen LogP contribution is -2.22. The van der Waals surface area contributed by atoms with Crippen LogP contribution in [-0.2, 0) is 9.53 Å². The predicted molar refractivity (Wildman–Crippen MR) is 63.1 cm³/mol. The number of methoxy groups -OCH3 is 1. The molecule has 0 aliphatic carbocycles. The molecule has 1 aromatic carbocycles. The summed E-state index contributed by atoms with van der Waals surface area (Å²) < 4.78 is 4.59. The maximum Gasteiger partial charge on any atom is 0.320 e. The Morgan fingerprint density at radius 2 is 2.12 bits per heavy atom. The quantitative estimate of drug-likeness (QED) is 0.280. The molecule has 0 aliphatic heterocycles. The minimum Gasteiger partial charge on any atom is -0.468 e. The second-order valence-corrected chi connectivity index (χ2v) is 3.97. The molecule has 0 bridgehead atoms. The van der Waals surface area contributed by atoms with E-state index in [2.05, 4.69) is 30.7 Å². The molecular formula is C10H10BrN3O2. The molecule has 6 heteroatoms. The van der Waals surface area contributed by atoms with Gasteiger partial charge in [-0.25, -0.2) is 0 Å². The highest BCUT2D eigenvalue weighted by molar-refractivity contribution is 9.10. The second kappa shape index (κ2) is 6.15. The number of benzene rings is 1. The molecule has 84 valence electrons. The van der Waals surface area contributed by atoms with Gasteiger partial charge in [0.25, 0.3) is 0 Å². The van der Waals surface area contributed by atoms with Crippen molar-refractivity contribution < 1.29 is 9.53 Å². The van der Waals surface area contributed by atoms with Gasteiger partial charge in [-0.15, -0.1) is 0 Å². The molecule has 0 heterocycles. The van der Waals surface area contributed by atoms with Gasteiger partial charge in [0.2, 0.25) is 0 Å². The van der Waals surface area contributed by atoms with E-state index in [1.54, 1.807) is 12.1 Å². The number of rotatable bonds is 4. The zero-order valence-electron chi connectivity index (χ0n) is 8.58. The topological polar surface area (TPSA) is 75.1 Å². The van der Waals surface area contributed by atoms with Crippen LogP contribution in [0.4, 0.5) is 0 Å². The van der Waals surface area contributed by atoms with Crippen LogP contribution in [0.25, 0.3) is 10.4 Å². The molecule has 0 saturated carbocycles. The van der Waals surface area contributed by atoms with Crippen LogP contribution in [0.5, 0.6) is 0 Å². The Balaban J connectivity index is 3.00. The lowest BCUT2D eigenvalue weighted by Gasteiger charge is -2.15. The Morgan fingerprint density at radius 3 is 2.62 bits per heavy atom. The first-order valence-corrected chi connectivity index (χ1v) is 5.43. The highest BCUT2D eigenvalue weighted by atomic mass is 79.9. The van der Waals surface area contributed by atoms with Crippen LogP contribution in [0.1, 0.15) is 11.6 Å². The number of alkyl halides is 1. The number of ether oxygens (including phenoxy) is 1. The Bertz CT molecular complexity index is 404. The third-order valence-corrected chi connectivity index (χ3v) is 2.90. The number of halogens is 1. The molecule has 2 atom stereocenters. The largest absolute Gasteiger partial charge is 0.468 e. The lowest BCUT2D eigenvalue weighted by atomic mass is 10.1. The van der Waals surface area contributed by atoms with E-state index in [0.717, 1.165) is 5.56 Å². The molecule has 0 spiro atoms. The molecule has 0 aliphatic rings. The van der Waals surface area contributed by atoms with Gasteiger partial charge >= 0.3 is 5.97 Å². The SMILES string of the molecule is COC(=O)[C@H](Br)[C@H](N=[N+]=[N-])c1ccccc1. The molecular weight excluding hydrogens is 274 g/mol. The summed E-state index contributed by atoms with van der Waals surface area (Å²) >= 11 is 3.17. The molecule has 0 amide bonds. The molecule has 0 radical (unpaired) electrons. The van der Waals surface area contributed by atoms with Crippen LogP contribution in [0.3, 0.4) is 0 Å². The molecule has 0 unspecified atom stereocenters. The van der Waals surface area contributed by atoms with E-state index >= 15 is 0 Å². The van der Waals surface area contributed by atoms with Gasteiger partial charge in [-0.05, 0) is 11.1 Å². The lowest BCUT2D eigenvalue weighted by molar-refractivity contribution is -0.140. The van der Waals surface area contributed by atoms with Gasteiger partial charge in [0.1, 0.15) is 4.83 Å². The number of esters is 1. The Labute approximate surface area is 101 Å². The van der Waals surface area contributed by atoms with Crippen molar-refractivity contribution in [1.29, 1.82) is 0 Å². The first-order valence-electron chi connectivity index (χ1n) is 4.51. The number of carbonyl (C=O) groups excluding carboxylic acids is 1. The maximum absolute atomic E-state index is 11.3. The van der Waals surface area contributed by atoms with Gasteiger partial charge in [-0.1, -0.05) is 51.4 Å². The van der Waals surface area contributed by atoms with Gasteiger partial charge in [0.05, 0.1) is 13.2 Å². The van der Waals surface area contributed by atoms with E-state index in [1.165, 1.54) is 7.11 Å². The van der Waals surface area contributed by atoms with E-state index < -0.39 is 16.8 Å².